The third-order valence-corrected chi connectivity index (χ3v) is 1.44. The normalized spacial score (nSPS) is 12.4. The molecule has 0 amide bonds. The van der Waals surface area contributed by atoms with E-state index in [1.54, 1.807) is 0 Å². The van der Waals surface area contributed by atoms with Crippen LogP contribution in [0.3, 0.4) is 0 Å². The van der Waals surface area contributed by atoms with Gasteiger partial charge in [-0.2, -0.15) is 17.6 Å². The first-order valence-corrected chi connectivity index (χ1v) is 3.78. The predicted molar refractivity (Wildman–Crippen MR) is 41.1 cm³/mol. The summed E-state index contributed by atoms with van der Waals surface area (Å²) in [5.41, 5.74) is -0.364. The molecule has 0 heterocycles. The van der Waals surface area contributed by atoms with Crippen molar-refractivity contribution < 1.29 is 27.1 Å². The first kappa shape index (κ1) is 12.9. The molecule has 2 nitrogen and oxygen atoms in total. The number of esters is 1. The van der Waals surface area contributed by atoms with Crippen molar-refractivity contribution in [1.82, 2.24) is 0 Å². The summed E-state index contributed by atoms with van der Waals surface area (Å²) < 4.78 is 53.5. The molecular formula is C8H10F4O2. The quantitative estimate of drug-likeness (QED) is 0.408. The van der Waals surface area contributed by atoms with Crippen LogP contribution in [-0.2, 0) is 9.53 Å². The van der Waals surface area contributed by atoms with Crippen LogP contribution in [0.25, 0.3) is 0 Å². The molecule has 0 N–H and O–H groups in total. The van der Waals surface area contributed by atoms with Gasteiger partial charge in [0, 0.05) is 12.0 Å². The Kier molecular flexibility index (Phi) is 3.67. The highest BCUT2D eigenvalue weighted by Gasteiger charge is 2.58. The van der Waals surface area contributed by atoms with Crippen molar-refractivity contribution in [3.05, 3.63) is 12.2 Å². The summed E-state index contributed by atoms with van der Waals surface area (Å²) in [6, 6.07) is 0. The van der Waals surface area contributed by atoms with E-state index in [0.29, 0.717) is 0 Å². The summed E-state index contributed by atoms with van der Waals surface area (Å²) in [4.78, 5) is 10.6. The van der Waals surface area contributed by atoms with Gasteiger partial charge in [0.1, 0.15) is 0 Å². The summed E-state index contributed by atoms with van der Waals surface area (Å²) in [6.45, 7) is 4.94. The zero-order valence-electron chi connectivity index (χ0n) is 7.74. The molecule has 0 aromatic heterocycles. The number of carbonyl (C=O) groups is 1. The van der Waals surface area contributed by atoms with Gasteiger partial charge in [-0.15, -0.1) is 0 Å². The summed E-state index contributed by atoms with van der Waals surface area (Å²) in [7, 11) is 0. The number of hydrogen-bond acceptors (Lipinski definition) is 2. The maximum atomic E-state index is 12.6. The van der Waals surface area contributed by atoms with Crippen LogP contribution in [0.2, 0.25) is 0 Å². The molecule has 0 saturated carbocycles. The molecule has 0 saturated heterocycles. The van der Waals surface area contributed by atoms with Crippen molar-refractivity contribution in [3.8, 4) is 0 Å². The molecule has 0 aromatic carbocycles. The summed E-state index contributed by atoms with van der Waals surface area (Å²) >= 11 is 0. The molecule has 0 aromatic rings. The molecule has 0 unspecified atom stereocenters. The molecule has 0 aliphatic carbocycles. The topological polar surface area (TPSA) is 26.3 Å². The smallest absolute Gasteiger partial charge is 0.393 e. The molecule has 0 aliphatic heterocycles. The Morgan fingerprint density at radius 2 is 1.79 bits per heavy atom. The van der Waals surface area contributed by atoms with Gasteiger partial charge in [-0.05, 0) is 6.92 Å². The number of alkyl halides is 4. The van der Waals surface area contributed by atoms with Crippen LogP contribution >= 0.6 is 0 Å². The molecule has 0 aliphatic rings. The molecule has 82 valence electrons. The Balaban J connectivity index is 4.65. The monoisotopic (exact) mass is 214 g/mol. The third-order valence-electron chi connectivity index (χ3n) is 1.44. The van der Waals surface area contributed by atoms with Gasteiger partial charge in [-0.1, -0.05) is 13.5 Å². The van der Waals surface area contributed by atoms with E-state index in [1.165, 1.54) is 0 Å². The lowest BCUT2D eigenvalue weighted by Crippen LogP contribution is -2.43. The van der Waals surface area contributed by atoms with Gasteiger partial charge in [0.2, 0.25) is 0 Å². The highest BCUT2D eigenvalue weighted by atomic mass is 19.3. The Morgan fingerprint density at radius 1 is 1.36 bits per heavy atom. The average Bonchev–Trinajstić information content (AvgIpc) is 2.03. The number of halogens is 4. The number of ether oxygens (including phenoxy) is 1. The highest BCUT2D eigenvalue weighted by Crippen LogP contribution is 2.38. The van der Waals surface area contributed by atoms with Crippen molar-refractivity contribution in [3.63, 3.8) is 0 Å². The van der Waals surface area contributed by atoms with Gasteiger partial charge < -0.3 is 4.74 Å². The zero-order valence-corrected chi connectivity index (χ0v) is 7.74. The van der Waals surface area contributed by atoms with E-state index < -0.39 is 24.4 Å². The molecule has 0 spiro atoms. The predicted octanol–water partition coefficient (Wildman–Crippen LogP) is 2.74. The molecule has 6 heteroatoms. The third kappa shape index (κ3) is 2.71. The highest BCUT2D eigenvalue weighted by molar-refractivity contribution is 5.87. The fraction of sp³-hybridized carbons (Fsp3) is 0.625. The van der Waals surface area contributed by atoms with E-state index in [0.717, 1.165) is 13.8 Å². The van der Waals surface area contributed by atoms with Crippen molar-refractivity contribution in [2.45, 2.75) is 32.3 Å². The molecule has 0 radical (unpaired) electrons. The zero-order chi connectivity index (χ0) is 11.6. The Labute approximate surface area is 78.5 Å². The summed E-state index contributed by atoms with van der Waals surface area (Å²) in [5, 5.41) is 0. The standard InChI is InChI=1S/C8H10F4O2/c1-4-7(9,10)8(11,12)14-6(13)5(2)3/h2,4H2,1,3H3. The Morgan fingerprint density at radius 3 is 2.07 bits per heavy atom. The van der Waals surface area contributed by atoms with Gasteiger partial charge in [0.05, 0.1) is 0 Å². The Hall–Kier alpha value is -1.07. The second-order valence-corrected chi connectivity index (χ2v) is 2.74. The molecule has 14 heavy (non-hydrogen) atoms. The van der Waals surface area contributed by atoms with Crippen LogP contribution in [-0.4, -0.2) is 18.0 Å². The number of hydrogen-bond donors (Lipinski definition) is 0. The first-order valence-electron chi connectivity index (χ1n) is 3.78. The molecule has 0 atom stereocenters. The number of rotatable bonds is 4. The Bertz CT molecular complexity index is 248. The van der Waals surface area contributed by atoms with E-state index in [1.807, 2.05) is 0 Å². The van der Waals surface area contributed by atoms with Crippen LogP contribution in [0.15, 0.2) is 12.2 Å². The van der Waals surface area contributed by atoms with Gasteiger partial charge in [-0.3, -0.25) is 0 Å². The lowest BCUT2D eigenvalue weighted by molar-refractivity contribution is -0.329. The average molecular weight is 214 g/mol. The van der Waals surface area contributed by atoms with Crippen molar-refractivity contribution >= 4 is 5.97 Å². The molecule has 0 bridgehead atoms. The van der Waals surface area contributed by atoms with E-state index in [4.69, 9.17) is 0 Å². The molecule has 0 rings (SSSR count). The van der Waals surface area contributed by atoms with Crippen LogP contribution < -0.4 is 0 Å². The molecular weight excluding hydrogens is 204 g/mol. The van der Waals surface area contributed by atoms with Gasteiger partial charge in [-0.25, -0.2) is 4.79 Å². The van der Waals surface area contributed by atoms with Gasteiger partial charge in [0.15, 0.2) is 0 Å². The minimum atomic E-state index is -4.79. The molecule has 0 fully saturated rings. The van der Waals surface area contributed by atoms with Crippen LogP contribution in [0.4, 0.5) is 17.6 Å². The van der Waals surface area contributed by atoms with Crippen LogP contribution in [0, 0.1) is 0 Å². The first-order chi connectivity index (χ1) is 6.14. The maximum absolute atomic E-state index is 12.6. The summed E-state index contributed by atoms with van der Waals surface area (Å²) in [5.74, 6) is -5.90. The lowest BCUT2D eigenvalue weighted by atomic mass is 10.2. The lowest BCUT2D eigenvalue weighted by Gasteiger charge is -2.24. The fourth-order valence-corrected chi connectivity index (χ4v) is 0.484. The SMILES string of the molecule is C=C(C)C(=O)OC(F)(F)C(F)(F)CC. The largest absolute Gasteiger partial charge is 0.466 e. The van der Waals surface area contributed by atoms with Crippen molar-refractivity contribution in [2.24, 2.45) is 0 Å². The fourth-order valence-electron chi connectivity index (χ4n) is 0.484. The maximum Gasteiger partial charge on any atom is 0.466 e. The van der Waals surface area contributed by atoms with E-state index >= 15 is 0 Å². The summed E-state index contributed by atoms with van der Waals surface area (Å²) in [6.07, 6.45) is -5.92. The van der Waals surface area contributed by atoms with Crippen LogP contribution in [0.5, 0.6) is 0 Å². The minimum Gasteiger partial charge on any atom is -0.393 e. The van der Waals surface area contributed by atoms with Crippen molar-refractivity contribution in [2.75, 3.05) is 0 Å². The van der Waals surface area contributed by atoms with E-state index in [9.17, 15) is 22.4 Å². The van der Waals surface area contributed by atoms with E-state index in [2.05, 4.69) is 11.3 Å². The van der Waals surface area contributed by atoms with E-state index in [-0.39, 0.29) is 5.57 Å². The minimum absolute atomic E-state index is 0.364. The van der Waals surface area contributed by atoms with Gasteiger partial charge in [0.25, 0.3) is 0 Å². The number of carbonyl (C=O) groups excluding carboxylic acids is 1. The van der Waals surface area contributed by atoms with Crippen molar-refractivity contribution in [1.29, 1.82) is 0 Å². The second kappa shape index (κ2) is 3.98. The van der Waals surface area contributed by atoms with Gasteiger partial charge >= 0.3 is 18.0 Å². The van der Waals surface area contributed by atoms with Crippen LogP contribution in [0.1, 0.15) is 20.3 Å². The second-order valence-electron chi connectivity index (χ2n) is 2.74.